The Balaban J connectivity index is 1.60. The number of carbonyl (C=O) groups excluding carboxylic acids is 1. The van der Waals surface area contributed by atoms with Crippen LogP contribution in [-0.2, 0) is 9.53 Å². The quantitative estimate of drug-likeness (QED) is 0.156. The number of esters is 1. The van der Waals surface area contributed by atoms with Gasteiger partial charge in [-0.15, -0.1) is 0 Å². The highest BCUT2D eigenvalue weighted by molar-refractivity contribution is 5.71. The van der Waals surface area contributed by atoms with Crippen molar-refractivity contribution in [3.8, 4) is 17.2 Å². The minimum absolute atomic E-state index is 0.0729. The molecule has 0 radical (unpaired) electrons. The molecule has 0 heterocycles. The number of rotatable bonds is 16. The molecule has 2 aromatic carbocycles. The molecule has 0 aliphatic carbocycles. The normalized spacial score (nSPS) is 10.9. The van der Waals surface area contributed by atoms with E-state index in [4.69, 9.17) is 18.9 Å². The third kappa shape index (κ3) is 11.0. The number of benzene rings is 2. The Hall–Kier alpha value is -2.95. The van der Waals surface area contributed by atoms with Gasteiger partial charge in [-0.05, 0) is 55.2 Å². The van der Waals surface area contributed by atoms with E-state index < -0.39 is 0 Å². The van der Waals surface area contributed by atoms with Crippen molar-refractivity contribution in [3.63, 3.8) is 0 Å². The van der Waals surface area contributed by atoms with E-state index in [0.29, 0.717) is 13.0 Å². The van der Waals surface area contributed by atoms with Gasteiger partial charge in [-0.25, -0.2) is 0 Å². The lowest BCUT2D eigenvalue weighted by molar-refractivity contribution is -0.143. The molecule has 5 nitrogen and oxygen atoms in total. The molecule has 0 aromatic heterocycles. The molecule has 33 heavy (non-hydrogen) atoms. The highest BCUT2D eigenvalue weighted by atomic mass is 16.5. The third-order valence-corrected chi connectivity index (χ3v) is 5.32. The van der Waals surface area contributed by atoms with Crippen LogP contribution in [0.5, 0.6) is 17.2 Å². The number of hydrogen-bond donors (Lipinski definition) is 0. The molecule has 5 heteroatoms. The number of methoxy groups -OCH3 is 2. The molecule has 0 atom stereocenters. The van der Waals surface area contributed by atoms with Crippen LogP contribution >= 0.6 is 0 Å². The van der Waals surface area contributed by atoms with Crippen LogP contribution in [0.2, 0.25) is 0 Å². The van der Waals surface area contributed by atoms with Crippen molar-refractivity contribution >= 4 is 18.1 Å². The van der Waals surface area contributed by atoms with E-state index >= 15 is 0 Å². The second-order valence-electron chi connectivity index (χ2n) is 7.93. The Bertz CT molecular complexity index is 820. The largest absolute Gasteiger partial charge is 0.497 e. The minimum Gasteiger partial charge on any atom is -0.497 e. The molecular formula is C28H38O5. The van der Waals surface area contributed by atoms with Gasteiger partial charge in [0, 0.05) is 12.5 Å². The molecule has 2 rings (SSSR count). The van der Waals surface area contributed by atoms with E-state index in [-0.39, 0.29) is 5.97 Å². The maximum absolute atomic E-state index is 11.3. The standard InChI is InChI=1S/C28H38O5/c1-4-32-28(29)12-10-8-6-5-7-9-11-19-33-25-17-15-23(16-18-25)13-14-24-20-26(30-2)22-27(21-24)31-3/h13-18,20-22H,4-12,19H2,1-3H3/b14-13+. The molecule has 0 bridgehead atoms. The van der Waals surface area contributed by atoms with Crippen LogP contribution < -0.4 is 14.2 Å². The zero-order chi connectivity index (χ0) is 23.7. The Morgan fingerprint density at radius 2 is 1.30 bits per heavy atom. The Morgan fingerprint density at radius 1 is 0.727 bits per heavy atom. The average molecular weight is 455 g/mol. The zero-order valence-electron chi connectivity index (χ0n) is 20.3. The Kier molecular flexibility index (Phi) is 12.6. The second-order valence-corrected chi connectivity index (χ2v) is 7.93. The molecule has 0 aliphatic rings. The molecular weight excluding hydrogens is 416 g/mol. The summed E-state index contributed by atoms with van der Waals surface area (Å²) in [7, 11) is 3.30. The lowest BCUT2D eigenvalue weighted by Gasteiger charge is -2.07. The van der Waals surface area contributed by atoms with Gasteiger partial charge in [-0.1, -0.05) is 56.4 Å². The number of carbonyl (C=O) groups is 1. The molecule has 0 aliphatic heterocycles. The van der Waals surface area contributed by atoms with Crippen LogP contribution in [0.4, 0.5) is 0 Å². The molecule has 0 amide bonds. The first-order chi connectivity index (χ1) is 16.1. The highest BCUT2D eigenvalue weighted by Crippen LogP contribution is 2.24. The molecule has 0 fully saturated rings. The SMILES string of the molecule is CCOC(=O)CCCCCCCCCOc1ccc(/C=C/c2cc(OC)cc(OC)c2)cc1. The van der Waals surface area contributed by atoms with Crippen LogP contribution in [-0.4, -0.2) is 33.4 Å². The summed E-state index contributed by atoms with van der Waals surface area (Å²) in [6.07, 6.45) is 12.5. The van der Waals surface area contributed by atoms with Gasteiger partial charge in [0.05, 0.1) is 27.4 Å². The topological polar surface area (TPSA) is 54.0 Å². The first kappa shape index (κ1) is 26.3. The van der Waals surface area contributed by atoms with Crippen LogP contribution in [0, 0.1) is 0 Å². The molecule has 0 spiro atoms. The molecule has 0 saturated carbocycles. The molecule has 180 valence electrons. The van der Waals surface area contributed by atoms with Crippen molar-refractivity contribution in [2.24, 2.45) is 0 Å². The van der Waals surface area contributed by atoms with E-state index in [2.05, 4.69) is 18.2 Å². The van der Waals surface area contributed by atoms with Gasteiger partial charge in [-0.2, -0.15) is 0 Å². The van der Waals surface area contributed by atoms with E-state index in [0.717, 1.165) is 54.2 Å². The summed E-state index contributed by atoms with van der Waals surface area (Å²) in [6, 6.07) is 13.9. The van der Waals surface area contributed by atoms with Crippen molar-refractivity contribution in [3.05, 3.63) is 53.6 Å². The summed E-state index contributed by atoms with van der Waals surface area (Å²) >= 11 is 0. The maximum atomic E-state index is 11.3. The summed E-state index contributed by atoms with van der Waals surface area (Å²) < 4.78 is 21.4. The lowest BCUT2D eigenvalue weighted by atomic mass is 10.1. The first-order valence-electron chi connectivity index (χ1n) is 11.9. The zero-order valence-corrected chi connectivity index (χ0v) is 20.3. The molecule has 0 N–H and O–H groups in total. The van der Waals surface area contributed by atoms with Crippen LogP contribution in [0.3, 0.4) is 0 Å². The number of unbranched alkanes of at least 4 members (excludes halogenated alkanes) is 6. The van der Waals surface area contributed by atoms with Crippen LogP contribution in [0.15, 0.2) is 42.5 Å². The minimum atomic E-state index is -0.0729. The fourth-order valence-electron chi connectivity index (χ4n) is 3.47. The molecule has 0 saturated heterocycles. The summed E-state index contributed by atoms with van der Waals surface area (Å²) in [4.78, 5) is 11.3. The van der Waals surface area contributed by atoms with Crippen molar-refractivity contribution < 1.29 is 23.7 Å². The average Bonchev–Trinajstić information content (AvgIpc) is 2.84. The number of ether oxygens (including phenoxy) is 4. The van der Waals surface area contributed by atoms with Gasteiger partial charge >= 0.3 is 5.97 Å². The van der Waals surface area contributed by atoms with Crippen LogP contribution in [0.25, 0.3) is 12.2 Å². The Labute approximate surface area is 198 Å². The summed E-state index contributed by atoms with van der Waals surface area (Å²) in [5.41, 5.74) is 2.12. The monoisotopic (exact) mass is 454 g/mol. The second kappa shape index (κ2) is 15.8. The van der Waals surface area contributed by atoms with Crippen molar-refractivity contribution in [1.29, 1.82) is 0 Å². The molecule has 2 aromatic rings. The summed E-state index contributed by atoms with van der Waals surface area (Å²) in [6.45, 7) is 3.06. The smallest absolute Gasteiger partial charge is 0.305 e. The number of hydrogen-bond acceptors (Lipinski definition) is 5. The fourth-order valence-corrected chi connectivity index (χ4v) is 3.47. The maximum Gasteiger partial charge on any atom is 0.305 e. The summed E-state index contributed by atoms with van der Waals surface area (Å²) in [5, 5.41) is 0. The summed E-state index contributed by atoms with van der Waals surface area (Å²) in [5.74, 6) is 2.36. The van der Waals surface area contributed by atoms with E-state index in [1.54, 1.807) is 14.2 Å². The van der Waals surface area contributed by atoms with Crippen molar-refractivity contribution in [2.45, 2.75) is 58.3 Å². The van der Waals surface area contributed by atoms with Gasteiger partial charge in [-0.3, -0.25) is 4.79 Å². The van der Waals surface area contributed by atoms with E-state index in [1.807, 2.05) is 43.3 Å². The lowest BCUT2D eigenvalue weighted by Crippen LogP contribution is -2.03. The van der Waals surface area contributed by atoms with Gasteiger partial charge in [0.25, 0.3) is 0 Å². The highest BCUT2D eigenvalue weighted by Gasteiger charge is 2.01. The predicted octanol–water partition coefficient (Wildman–Crippen LogP) is 6.94. The van der Waals surface area contributed by atoms with Gasteiger partial charge < -0.3 is 18.9 Å². The van der Waals surface area contributed by atoms with Crippen molar-refractivity contribution in [1.82, 2.24) is 0 Å². The van der Waals surface area contributed by atoms with Gasteiger partial charge in [0.2, 0.25) is 0 Å². The third-order valence-electron chi connectivity index (χ3n) is 5.32. The predicted molar refractivity (Wildman–Crippen MR) is 134 cm³/mol. The van der Waals surface area contributed by atoms with Gasteiger partial charge in [0.1, 0.15) is 17.2 Å². The van der Waals surface area contributed by atoms with E-state index in [9.17, 15) is 4.79 Å². The van der Waals surface area contributed by atoms with Crippen LogP contribution in [0.1, 0.15) is 69.4 Å². The van der Waals surface area contributed by atoms with Crippen molar-refractivity contribution in [2.75, 3.05) is 27.4 Å². The Morgan fingerprint density at radius 3 is 1.91 bits per heavy atom. The fraction of sp³-hybridized carbons (Fsp3) is 0.464. The van der Waals surface area contributed by atoms with Gasteiger partial charge in [0.15, 0.2) is 0 Å². The first-order valence-corrected chi connectivity index (χ1v) is 11.9. The van der Waals surface area contributed by atoms with E-state index in [1.165, 1.54) is 25.7 Å². The molecule has 0 unspecified atom stereocenters.